The normalized spacial score (nSPS) is 11.1. The van der Waals surface area contributed by atoms with Crippen LogP contribution in [-0.4, -0.2) is 20.9 Å². The number of primary sulfonamides is 1. The quantitative estimate of drug-likeness (QED) is 0.734. The SMILES string of the molecule is NS(=O)(=O)c1ccc(NC(=O)CCCOc2ccc(Cl)cc2)cc1. The van der Waals surface area contributed by atoms with Gasteiger partial charge in [-0.1, -0.05) is 11.6 Å². The van der Waals surface area contributed by atoms with E-state index in [1.165, 1.54) is 24.3 Å². The second-order valence-corrected chi connectivity index (χ2v) is 7.02. The Kier molecular flexibility index (Phi) is 6.19. The molecule has 0 bridgehead atoms. The molecular weight excluding hydrogens is 352 g/mol. The molecule has 0 radical (unpaired) electrons. The van der Waals surface area contributed by atoms with Crippen LogP contribution in [0, 0.1) is 0 Å². The summed E-state index contributed by atoms with van der Waals surface area (Å²) in [7, 11) is -3.73. The number of rotatable bonds is 7. The highest BCUT2D eigenvalue weighted by Gasteiger charge is 2.08. The number of carbonyl (C=O) groups excluding carboxylic acids is 1. The molecule has 0 aliphatic carbocycles. The minimum atomic E-state index is -3.73. The number of hydrogen-bond acceptors (Lipinski definition) is 4. The fraction of sp³-hybridized carbons (Fsp3) is 0.188. The number of carbonyl (C=O) groups is 1. The van der Waals surface area contributed by atoms with E-state index in [9.17, 15) is 13.2 Å². The lowest BCUT2D eigenvalue weighted by atomic mass is 10.2. The van der Waals surface area contributed by atoms with E-state index in [0.717, 1.165) is 0 Å². The Morgan fingerprint density at radius 3 is 2.29 bits per heavy atom. The molecule has 128 valence electrons. The van der Waals surface area contributed by atoms with Crippen LogP contribution in [-0.2, 0) is 14.8 Å². The Morgan fingerprint density at radius 1 is 1.08 bits per heavy atom. The zero-order chi connectivity index (χ0) is 17.6. The number of amides is 1. The summed E-state index contributed by atoms with van der Waals surface area (Å²) in [6.07, 6.45) is 0.828. The molecular formula is C16H17ClN2O4S. The maximum atomic E-state index is 11.8. The summed E-state index contributed by atoms with van der Waals surface area (Å²) in [5.74, 6) is 0.511. The Morgan fingerprint density at radius 2 is 1.71 bits per heavy atom. The zero-order valence-electron chi connectivity index (χ0n) is 12.7. The van der Waals surface area contributed by atoms with Crippen molar-refractivity contribution in [3.05, 3.63) is 53.6 Å². The predicted molar refractivity (Wildman–Crippen MR) is 92.6 cm³/mol. The molecule has 1 amide bonds. The van der Waals surface area contributed by atoms with Crippen LogP contribution in [0.25, 0.3) is 0 Å². The Bertz CT molecular complexity index is 790. The molecule has 8 heteroatoms. The lowest BCUT2D eigenvalue weighted by Gasteiger charge is -2.07. The third-order valence-electron chi connectivity index (χ3n) is 3.10. The molecule has 0 fully saturated rings. The second kappa shape index (κ2) is 8.14. The van der Waals surface area contributed by atoms with E-state index in [2.05, 4.69) is 5.32 Å². The van der Waals surface area contributed by atoms with Gasteiger partial charge in [0.05, 0.1) is 11.5 Å². The van der Waals surface area contributed by atoms with E-state index >= 15 is 0 Å². The summed E-state index contributed by atoms with van der Waals surface area (Å²) in [6, 6.07) is 12.6. The number of hydrogen-bond donors (Lipinski definition) is 2. The minimum absolute atomic E-state index is 0.00290. The molecule has 0 aromatic heterocycles. The maximum absolute atomic E-state index is 11.8. The smallest absolute Gasteiger partial charge is 0.238 e. The van der Waals surface area contributed by atoms with Crippen LogP contribution in [0.1, 0.15) is 12.8 Å². The van der Waals surface area contributed by atoms with Gasteiger partial charge in [0.25, 0.3) is 0 Å². The molecule has 0 saturated heterocycles. The van der Waals surface area contributed by atoms with Crippen molar-refractivity contribution in [1.29, 1.82) is 0 Å². The first-order valence-corrected chi connectivity index (χ1v) is 9.08. The van der Waals surface area contributed by atoms with Gasteiger partial charge in [-0.3, -0.25) is 4.79 Å². The predicted octanol–water partition coefficient (Wildman–Crippen LogP) is 2.79. The van der Waals surface area contributed by atoms with Crippen LogP contribution in [0.4, 0.5) is 5.69 Å². The largest absolute Gasteiger partial charge is 0.494 e. The first-order valence-electron chi connectivity index (χ1n) is 7.16. The van der Waals surface area contributed by atoms with Crippen LogP contribution >= 0.6 is 11.6 Å². The lowest BCUT2D eigenvalue weighted by Crippen LogP contribution is -2.14. The molecule has 6 nitrogen and oxygen atoms in total. The fourth-order valence-corrected chi connectivity index (χ4v) is 2.55. The number of nitrogens with two attached hydrogens (primary N) is 1. The molecule has 2 rings (SSSR count). The average Bonchev–Trinajstić information content (AvgIpc) is 2.53. The van der Waals surface area contributed by atoms with Gasteiger partial charge in [0.15, 0.2) is 0 Å². The van der Waals surface area contributed by atoms with E-state index in [-0.39, 0.29) is 17.2 Å². The van der Waals surface area contributed by atoms with E-state index in [0.29, 0.717) is 29.5 Å². The topological polar surface area (TPSA) is 98.5 Å². The standard InChI is InChI=1S/C16H17ClN2O4S/c17-12-3-7-14(8-4-12)23-11-1-2-16(20)19-13-5-9-15(10-6-13)24(18,21)22/h3-10H,1-2,11H2,(H,19,20)(H2,18,21,22). The summed E-state index contributed by atoms with van der Waals surface area (Å²) < 4.78 is 27.8. The number of anilines is 1. The summed E-state index contributed by atoms with van der Waals surface area (Å²) in [5, 5.41) is 8.32. The van der Waals surface area contributed by atoms with Gasteiger partial charge in [0, 0.05) is 17.1 Å². The zero-order valence-corrected chi connectivity index (χ0v) is 14.3. The molecule has 2 aromatic rings. The van der Waals surface area contributed by atoms with Gasteiger partial charge in [0.1, 0.15) is 5.75 Å². The van der Waals surface area contributed by atoms with Crippen molar-refractivity contribution in [2.45, 2.75) is 17.7 Å². The molecule has 3 N–H and O–H groups in total. The van der Waals surface area contributed by atoms with E-state index in [4.69, 9.17) is 21.5 Å². The third-order valence-corrected chi connectivity index (χ3v) is 4.28. The summed E-state index contributed by atoms with van der Waals surface area (Å²) >= 11 is 5.78. The summed E-state index contributed by atoms with van der Waals surface area (Å²) in [5.41, 5.74) is 0.506. The molecule has 0 saturated carbocycles. The van der Waals surface area contributed by atoms with Crippen LogP contribution in [0.3, 0.4) is 0 Å². The number of nitrogens with one attached hydrogen (secondary N) is 1. The highest BCUT2D eigenvalue weighted by Crippen LogP contribution is 2.16. The summed E-state index contributed by atoms with van der Waals surface area (Å²) in [6.45, 7) is 0.402. The molecule has 24 heavy (non-hydrogen) atoms. The van der Waals surface area contributed by atoms with Gasteiger partial charge in [-0.25, -0.2) is 13.6 Å². The monoisotopic (exact) mass is 368 g/mol. The van der Waals surface area contributed by atoms with Crippen molar-refractivity contribution in [3.63, 3.8) is 0 Å². The van der Waals surface area contributed by atoms with Crippen LogP contribution in [0.5, 0.6) is 5.75 Å². The Balaban J connectivity index is 1.74. The average molecular weight is 369 g/mol. The van der Waals surface area contributed by atoms with Gasteiger partial charge in [-0.15, -0.1) is 0 Å². The van der Waals surface area contributed by atoms with Gasteiger partial charge >= 0.3 is 0 Å². The fourth-order valence-electron chi connectivity index (χ4n) is 1.91. The molecule has 0 aliphatic heterocycles. The van der Waals surface area contributed by atoms with Crippen molar-refractivity contribution in [2.24, 2.45) is 5.14 Å². The van der Waals surface area contributed by atoms with Crippen molar-refractivity contribution >= 4 is 33.2 Å². The van der Waals surface area contributed by atoms with Crippen molar-refractivity contribution < 1.29 is 17.9 Å². The maximum Gasteiger partial charge on any atom is 0.238 e. The van der Waals surface area contributed by atoms with E-state index in [1.807, 2.05) is 0 Å². The van der Waals surface area contributed by atoms with Gasteiger partial charge in [-0.2, -0.15) is 0 Å². The first-order chi connectivity index (χ1) is 11.3. The van der Waals surface area contributed by atoms with Crippen LogP contribution in [0.2, 0.25) is 5.02 Å². The Hall–Kier alpha value is -2.09. The molecule has 0 atom stereocenters. The van der Waals surface area contributed by atoms with E-state index < -0.39 is 10.0 Å². The number of ether oxygens (including phenoxy) is 1. The molecule has 2 aromatic carbocycles. The van der Waals surface area contributed by atoms with Crippen LogP contribution in [0.15, 0.2) is 53.4 Å². The first kappa shape index (κ1) is 18.3. The highest BCUT2D eigenvalue weighted by molar-refractivity contribution is 7.89. The second-order valence-electron chi connectivity index (χ2n) is 5.02. The molecule has 0 aliphatic rings. The molecule has 0 spiro atoms. The Labute approximate surface area is 145 Å². The van der Waals surface area contributed by atoms with Gasteiger partial charge in [-0.05, 0) is 55.0 Å². The van der Waals surface area contributed by atoms with Gasteiger partial charge < -0.3 is 10.1 Å². The summed E-state index contributed by atoms with van der Waals surface area (Å²) in [4.78, 5) is 11.8. The van der Waals surface area contributed by atoms with Gasteiger partial charge in [0.2, 0.25) is 15.9 Å². The molecule has 0 heterocycles. The number of halogens is 1. The lowest BCUT2D eigenvalue weighted by molar-refractivity contribution is -0.116. The third kappa shape index (κ3) is 5.84. The number of benzene rings is 2. The van der Waals surface area contributed by atoms with Crippen LogP contribution < -0.4 is 15.2 Å². The number of sulfonamides is 1. The van der Waals surface area contributed by atoms with Crippen molar-refractivity contribution in [1.82, 2.24) is 0 Å². The van der Waals surface area contributed by atoms with Crippen molar-refractivity contribution in [3.8, 4) is 5.75 Å². The minimum Gasteiger partial charge on any atom is -0.494 e. The van der Waals surface area contributed by atoms with E-state index in [1.54, 1.807) is 24.3 Å². The molecule has 0 unspecified atom stereocenters. The highest BCUT2D eigenvalue weighted by atomic mass is 35.5. The van der Waals surface area contributed by atoms with Crippen molar-refractivity contribution in [2.75, 3.05) is 11.9 Å².